The zero-order chi connectivity index (χ0) is 23.3. The van der Waals surface area contributed by atoms with Crippen LogP contribution in [-0.4, -0.2) is 54.9 Å². The summed E-state index contributed by atoms with van der Waals surface area (Å²) in [5, 5.41) is 35.7. The minimum absolute atomic E-state index is 0.0818. The number of hydrogen-bond acceptors (Lipinski definition) is 8. The van der Waals surface area contributed by atoms with Gasteiger partial charge in [-0.05, 0) is 38.5 Å². The van der Waals surface area contributed by atoms with Gasteiger partial charge in [-0.2, -0.15) is 0 Å². The van der Waals surface area contributed by atoms with Gasteiger partial charge in [-0.1, -0.05) is 0 Å². The highest BCUT2D eigenvalue weighted by molar-refractivity contribution is 5.92. The number of benzene rings is 1. The van der Waals surface area contributed by atoms with Crippen LogP contribution < -0.4 is 10.6 Å². The predicted octanol–water partition coefficient (Wildman–Crippen LogP) is 1.50. The number of imidazole rings is 1. The van der Waals surface area contributed by atoms with E-state index in [9.17, 15) is 29.9 Å². The summed E-state index contributed by atoms with van der Waals surface area (Å²) >= 11 is 0. The van der Waals surface area contributed by atoms with Gasteiger partial charge in [0.15, 0.2) is 5.82 Å². The summed E-state index contributed by atoms with van der Waals surface area (Å²) < 4.78 is 6.48. The highest BCUT2D eigenvalue weighted by Crippen LogP contribution is 2.21. The van der Waals surface area contributed by atoms with Gasteiger partial charge >= 0.3 is 6.09 Å². The fraction of sp³-hybridized carbons (Fsp3) is 0.421. The Labute approximate surface area is 178 Å². The number of aliphatic hydroxyl groups is 2. The molecule has 0 spiro atoms. The number of aromatic nitrogens is 2. The highest BCUT2D eigenvalue weighted by atomic mass is 16.6. The number of carbonyl (C=O) groups excluding carboxylic acids is 2. The number of carbonyl (C=O) groups is 2. The lowest BCUT2D eigenvalue weighted by Crippen LogP contribution is -2.42. The molecule has 2 aromatic rings. The van der Waals surface area contributed by atoms with Crippen LogP contribution in [0.3, 0.4) is 0 Å². The number of nitrogens with one attached hydrogen (secondary N) is 2. The van der Waals surface area contributed by atoms with E-state index in [4.69, 9.17) is 4.74 Å². The molecule has 0 saturated heterocycles. The van der Waals surface area contributed by atoms with E-state index in [-0.39, 0.29) is 22.9 Å². The van der Waals surface area contributed by atoms with Crippen molar-refractivity contribution in [3.8, 4) is 0 Å². The summed E-state index contributed by atoms with van der Waals surface area (Å²) in [6.07, 6.45) is -0.659. The molecule has 0 aliphatic heterocycles. The summed E-state index contributed by atoms with van der Waals surface area (Å²) in [5.41, 5.74) is -0.586. The summed E-state index contributed by atoms with van der Waals surface area (Å²) in [7, 11) is 1.53. The molecule has 0 aliphatic rings. The molecule has 0 radical (unpaired) electrons. The van der Waals surface area contributed by atoms with Crippen molar-refractivity contribution < 1.29 is 29.5 Å². The van der Waals surface area contributed by atoms with E-state index in [1.807, 2.05) is 0 Å². The minimum Gasteiger partial charge on any atom is -0.444 e. The average molecular weight is 435 g/mol. The van der Waals surface area contributed by atoms with Gasteiger partial charge in [0.05, 0.1) is 17.6 Å². The SMILES string of the molecule is Cn1cc(NC(=O)OC(C)(C)C)nc1C(=O)NC(CO)[C@@H](O)c1ccc([N+](=O)[O-])cc1. The van der Waals surface area contributed by atoms with Gasteiger partial charge in [-0.25, -0.2) is 9.78 Å². The first-order valence-corrected chi connectivity index (χ1v) is 9.28. The van der Waals surface area contributed by atoms with Crippen molar-refractivity contribution in [3.05, 3.63) is 52.0 Å². The number of aliphatic hydroxyl groups excluding tert-OH is 2. The maximum Gasteiger partial charge on any atom is 0.413 e. The Bertz CT molecular complexity index is 950. The standard InChI is InChI=1S/C19H25N5O7/c1-19(2,3)31-18(28)22-14-9-23(4)16(21-14)17(27)20-13(10-25)15(26)11-5-7-12(8-6-11)24(29)30/h5-9,13,15,25-26H,10H2,1-4H3,(H,20,27)(H,22,28)/t13?,15-/m0/s1. The van der Waals surface area contributed by atoms with E-state index >= 15 is 0 Å². The van der Waals surface area contributed by atoms with E-state index in [1.54, 1.807) is 20.8 Å². The molecule has 12 nitrogen and oxygen atoms in total. The summed E-state index contributed by atoms with van der Waals surface area (Å²) in [6, 6.07) is 3.99. The average Bonchev–Trinajstić information content (AvgIpc) is 3.03. The number of amides is 2. The second-order valence-corrected chi connectivity index (χ2v) is 7.74. The highest BCUT2D eigenvalue weighted by Gasteiger charge is 2.26. The third-order valence-electron chi connectivity index (χ3n) is 4.05. The Morgan fingerprint density at radius 2 is 1.90 bits per heavy atom. The van der Waals surface area contributed by atoms with Gasteiger partial charge in [-0.3, -0.25) is 20.2 Å². The quantitative estimate of drug-likeness (QED) is 0.374. The molecule has 0 bridgehead atoms. The minimum atomic E-state index is -1.32. The Kier molecular flexibility index (Phi) is 7.31. The Balaban J connectivity index is 2.09. The molecule has 2 rings (SSSR count). The first-order valence-electron chi connectivity index (χ1n) is 9.28. The van der Waals surface area contributed by atoms with Gasteiger partial charge in [-0.15, -0.1) is 0 Å². The predicted molar refractivity (Wildman–Crippen MR) is 109 cm³/mol. The van der Waals surface area contributed by atoms with Crippen LogP contribution in [0.25, 0.3) is 0 Å². The molecule has 1 aromatic carbocycles. The van der Waals surface area contributed by atoms with Crippen LogP contribution in [0.1, 0.15) is 43.1 Å². The lowest BCUT2D eigenvalue weighted by atomic mass is 10.0. The van der Waals surface area contributed by atoms with Crippen molar-refractivity contribution in [1.29, 1.82) is 0 Å². The third kappa shape index (κ3) is 6.49. The van der Waals surface area contributed by atoms with E-state index in [2.05, 4.69) is 15.6 Å². The molecule has 0 aliphatic carbocycles. The van der Waals surface area contributed by atoms with Crippen molar-refractivity contribution >= 4 is 23.5 Å². The lowest BCUT2D eigenvalue weighted by Gasteiger charge is -2.22. The molecule has 4 N–H and O–H groups in total. The van der Waals surface area contributed by atoms with Gasteiger partial charge < -0.3 is 24.8 Å². The zero-order valence-corrected chi connectivity index (χ0v) is 17.5. The molecule has 31 heavy (non-hydrogen) atoms. The van der Waals surface area contributed by atoms with Crippen LogP contribution >= 0.6 is 0 Å². The van der Waals surface area contributed by atoms with Crippen LogP contribution in [0, 0.1) is 10.1 Å². The lowest BCUT2D eigenvalue weighted by molar-refractivity contribution is -0.384. The van der Waals surface area contributed by atoms with Crippen LogP contribution in [0.4, 0.5) is 16.3 Å². The largest absolute Gasteiger partial charge is 0.444 e. The summed E-state index contributed by atoms with van der Waals surface area (Å²) in [5.74, 6) is -0.710. The normalized spacial score (nSPS) is 13.2. The van der Waals surface area contributed by atoms with Crippen molar-refractivity contribution in [2.75, 3.05) is 11.9 Å². The fourth-order valence-corrected chi connectivity index (χ4v) is 2.63. The maximum absolute atomic E-state index is 12.6. The van der Waals surface area contributed by atoms with E-state index < -0.39 is 41.3 Å². The monoisotopic (exact) mass is 435 g/mol. The van der Waals surface area contributed by atoms with Crippen molar-refractivity contribution in [2.45, 2.75) is 38.5 Å². The number of nitro groups is 1. The number of rotatable bonds is 7. The molecule has 1 aromatic heterocycles. The van der Waals surface area contributed by atoms with Crippen molar-refractivity contribution in [3.63, 3.8) is 0 Å². The molecule has 2 amide bonds. The van der Waals surface area contributed by atoms with Crippen LogP contribution in [-0.2, 0) is 11.8 Å². The molecule has 0 saturated carbocycles. The number of ether oxygens (including phenoxy) is 1. The number of non-ortho nitro benzene ring substituents is 1. The first kappa shape index (κ1) is 23.8. The molecule has 0 fully saturated rings. The van der Waals surface area contributed by atoms with Gasteiger partial charge in [0.1, 0.15) is 11.7 Å². The molecule has 2 atom stereocenters. The van der Waals surface area contributed by atoms with Crippen LogP contribution in [0.2, 0.25) is 0 Å². The maximum atomic E-state index is 12.6. The molecule has 1 heterocycles. The second-order valence-electron chi connectivity index (χ2n) is 7.74. The Morgan fingerprint density at radius 3 is 2.42 bits per heavy atom. The van der Waals surface area contributed by atoms with Gasteiger partial charge in [0.25, 0.3) is 11.6 Å². The number of anilines is 1. The molecular formula is C19H25N5O7. The van der Waals surface area contributed by atoms with Crippen LogP contribution in [0.15, 0.2) is 30.5 Å². The topological polar surface area (TPSA) is 169 Å². The Hall–Kier alpha value is -3.51. The smallest absolute Gasteiger partial charge is 0.413 e. The fourth-order valence-electron chi connectivity index (χ4n) is 2.63. The molecular weight excluding hydrogens is 410 g/mol. The molecule has 12 heteroatoms. The van der Waals surface area contributed by atoms with Gasteiger partial charge in [0.2, 0.25) is 5.82 Å². The van der Waals surface area contributed by atoms with E-state index in [1.165, 1.54) is 42.1 Å². The number of nitrogens with zero attached hydrogens (tertiary/aromatic N) is 3. The Morgan fingerprint density at radius 1 is 1.29 bits per heavy atom. The number of hydrogen-bond donors (Lipinski definition) is 4. The van der Waals surface area contributed by atoms with Crippen LogP contribution in [0.5, 0.6) is 0 Å². The van der Waals surface area contributed by atoms with Crippen molar-refractivity contribution in [2.24, 2.45) is 7.05 Å². The number of nitro benzene ring substituents is 1. The summed E-state index contributed by atoms with van der Waals surface area (Å²) in [6.45, 7) is 4.51. The summed E-state index contributed by atoms with van der Waals surface area (Å²) in [4.78, 5) is 38.7. The zero-order valence-electron chi connectivity index (χ0n) is 17.5. The third-order valence-corrected chi connectivity index (χ3v) is 4.05. The molecule has 168 valence electrons. The first-order chi connectivity index (χ1) is 14.4. The molecule has 1 unspecified atom stereocenters. The van der Waals surface area contributed by atoms with Crippen molar-refractivity contribution in [1.82, 2.24) is 14.9 Å². The second kappa shape index (κ2) is 9.53. The number of aryl methyl sites for hydroxylation is 1. The van der Waals surface area contributed by atoms with E-state index in [0.29, 0.717) is 0 Å². The van der Waals surface area contributed by atoms with Gasteiger partial charge in [0, 0.05) is 25.4 Å². The van der Waals surface area contributed by atoms with E-state index in [0.717, 1.165) is 0 Å².